The summed E-state index contributed by atoms with van der Waals surface area (Å²) < 4.78 is 0. The Hall–Kier alpha value is -0.590. The highest BCUT2D eigenvalue weighted by molar-refractivity contribution is 4.92. The van der Waals surface area contributed by atoms with Gasteiger partial charge in [0.2, 0.25) is 0 Å². The molecule has 0 spiro atoms. The normalized spacial score (nSPS) is 22.6. The number of nitrogens with one attached hydrogen (secondary N) is 1. The van der Waals surface area contributed by atoms with Gasteiger partial charge in [-0.3, -0.25) is 0 Å². The average Bonchev–Trinajstić information content (AvgIpc) is 2.67. The summed E-state index contributed by atoms with van der Waals surface area (Å²) in [6.45, 7) is 7.27. The van der Waals surface area contributed by atoms with E-state index in [-0.39, 0.29) is 5.41 Å². The molecule has 1 saturated heterocycles. The van der Waals surface area contributed by atoms with Gasteiger partial charge < -0.3 is 10.2 Å². The Morgan fingerprint density at radius 3 is 2.79 bits per heavy atom. The zero-order valence-electron chi connectivity index (χ0n) is 9.51. The van der Waals surface area contributed by atoms with Crippen molar-refractivity contribution in [3.8, 4) is 6.07 Å². The van der Waals surface area contributed by atoms with E-state index in [4.69, 9.17) is 5.26 Å². The standard InChI is InChI=1S/C11H21N3/c1-11(2,9-12)5-7-14(3)10-4-6-13-8-10/h10,13H,4-8H2,1-3H3. The zero-order valence-corrected chi connectivity index (χ0v) is 9.51. The van der Waals surface area contributed by atoms with Crippen molar-refractivity contribution in [3.63, 3.8) is 0 Å². The molecule has 0 aromatic rings. The molecule has 1 fully saturated rings. The summed E-state index contributed by atoms with van der Waals surface area (Å²) in [6.07, 6.45) is 2.19. The smallest absolute Gasteiger partial charge is 0.0684 e. The number of hydrogen-bond acceptors (Lipinski definition) is 3. The van der Waals surface area contributed by atoms with Crippen LogP contribution in [0.2, 0.25) is 0 Å². The Kier molecular flexibility index (Phi) is 3.91. The lowest BCUT2D eigenvalue weighted by molar-refractivity contribution is 0.229. The summed E-state index contributed by atoms with van der Waals surface area (Å²) in [5.41, 5.74) is -0.180. The number of likely N-dealkylation sites (N-methyl/N-ethyl adjacent to an activating group) is 1. The average molecular weight is 195 g/mol. The lowest BCUT2D eigenvalue weighted by Gasteiger charge is -2.26. The van der Waals surface area contributed by atoms with E-state index in [0.717, 1.165) is 26.1 Å². The minimum Gasteiger partial charge on any atom is -0.315 e. The van der Waals surface area contributed by atoms with Gasteiger partial charge in [-0.2, -0.15) is 5.26 Å². The molecule has 0 radical (unpaired) electrons. The molecular formula is C11H21N3. The first-order valence-corrected chi connectivity index (χ1v) is 5.37. The van der Waals surface area contributed by atoms with E-state index in [1.165, 1.54) is 6.42 Å². The van der Waals surface area contributed by atoms with Crippen LogP contribution in [0.25, 0.3) is 0 Å². The third-order valence-electron chi connectivity index (χ3n) is 3.05. The first kappa shape index (κ1) is 11.5. The number of rotatable bonds is 4. The van der Waals surface area contributed by atoms with Gasteiger partial charge in [-0.25, -0.2) is 0 Å². The summed E-state index contributed by atoms with van der Waals surface area (Å²) in [6, 6.07) is 3.02. The molecule has 0 amide bonds. The van der Waals surface area contributed by atoms with Crippen molar-refractivity contribution >= 4 is 0 Å². The lowest BCUT2D eigenvalue weighted by atomic mass is 9.91. The fourth-order valence-electron chi connectivity index (χ4n) is 1.71. The van der Waals surface area contributed by atoms with Crippen LogP contribution in [0.1, 0.15) is 26.7 Å². The van der Waals surface area contributed by atoms with Gasteiger partial charge in [0.05, 0.1) is 11.5 Å². The molecule has 0 aliphatic carbocycles. The topological polar surface area (TPSA) is 39.1 Å². The summed E-state index contributed by atoms with van der Waals surface area (Å²) in [4.78, 5) is 2.37. The molecule has 80 valence electrons. The van der Waals surface area contributed by atoms with Gasteiger partial charge in [0.1, 0.15) is 0 Å². The molecule has 1 aliphatic rings. The molecule has 3 heteroatoms. The van der Waals surface area contributed by atoms with Gasteiger partial charge in [-0.15, -0.1) is 0 Å². The predicted molar refractivity (Wildman–Crippen MR) is 57.9 cm³/mol. The second-order valence-corrected chi connectivity index (χ2v) is 4.87. The van der Waals surface area contributed by atoms with Gasteiger partial charge in [0.15, 0.2) is 0 Å². The SMILES string of the molecule is CN(CCC(C)(C)C#N)C1CCNC1. The summed E-state index contributed by atoms with van der Waals surface area (Å²) in [7, 11) is 2.16. The Balaban J connectivity index is 2.27. The van der Waals surface area contributed by atoms with Crippen LogP contribution in [0.15, 0.2) is 0 Å². The Morgan fingerprint density at radius 2 is 2.29 bits per heavy atom. The fraction of sp³-hybridized carbons (Fsp3) is 0.909. The van der Waals surface area contributed by atoms with Crippen LogP contribution in [0.5, 0.6) is 0 Å². The van der Waals surface area contributed by atoms with E-state index in [0.29, 0.717) is 6.04 Å². The Labute approximate surface area is 87.1 Å². The van der Waals surface area contributed by atoms with E-state index in [1.807, 2.05) is 13.8 Å². The van der Waals surface area contributed by atoms with E-state index >= 15 is 0 Å². The zero-order chi connectivity index (χ0) is 10.6. The van der Waals surface area contributed by atoms with Gasteiger partial charge in [0, 0.05) is 12.6 Å². The third-order valence-corrected chi connectivity index (χ3v) is 3.05. The van der Waals surface area contributed by atoms with Gasteiger partial charge in [-0.05, 0) is 46.8 Å². The second-order valence-electron chi connectivity index (χ2n) is 4.87. The van der Waals surface area contributed by atoms with E-state index < -0.39 is 0 Å². The molecule has 0 bridgehead atoms. The molecule has 0 aromatic carbocycles. The van der Waals surface area contributed by atoms with Crippen LogP contribution in [0.3, 0.4) is 0 Å². The molecule has 0 aromatic heterocycles. The van der Waals surface area contributed by atoms with Crippen LogP contribution < -0.4 is 5.32 Å². The lowest BCUT2D eigenvalue weighted by Crippen LogP contribution is -2.35. The Bertz CT molecular complexity index is 211. The van der Waals surface area contributed by atoms with Crippen LogP contribution in [-0.4, -0.2) is 37.6 Å². The Morgan fingerprint density at radius 1 is 1.57 bits per heavy atom. The molecule has 1 atom stereocenters. The van der Waals surface area contributed by atoms with E-state index in [2.05, 4.69) is 23.3 Å². The first-order valence-electron chi connectivity index (χ1n) is 5.37. The van der Waals surface area contributed by atoms with Crippen molar-refractivity contribution in [1.82, 2.24) is 10.2 Å². The van der Waals surface area contributed by atoms with Crippen molar-refractivity contribution in [2.24, 2.45) is 5.41 Å². The fourth-order valence-corrected chi connectivity index (χ4v) is 1.71. The number of nitriles is 1. The summed E-state index contributed by atoms with van der Waals surface area (Å²) in [5, 5.41) is 12.2. The maximum Gasteiger partial charge on any atom is 0.0684 e. The molecule has 3 nitrogen and oxygen atoms in total. The highest BCUT2D eigenvalue weighted by Crippen LogP contribution is 2.19. The molecule has 1 rings (SSSR count). The predicted octanol–water partition coefficient (Wildman–Crippen LogP) is 1.22. The highest BCUT2D eigenvalue weighted by atomic mass is 15.2. The molecule has 0 saturated carbocycles. The monoisotopic (exact) mass is 195 g/mol. The molecule has 1 aliphatic heterocycles. The van der Waals surface area contributed by atoms with Crippen molar-refractivity contribution in [2.75, 3.05) is 26.7 Å². The summed E-state index contributed by atoms with van der Waals surface area (Å²) in [5.74, 6) is 0. The number of nitrogens with zero attached hydrogens (tertiary/aromatic N) is 2. The highest BCUT2D eigenvalue weighted by Gasteiger charge is 2.22. The summed E-state index contributed by atoms with van der Waals surface area (Å²) >= 11 is 0. The van der Waals surface area contributed by atoms with Crippen LogP contribution in [0.4, 0.5) is 0 Å². The molecular weight excluding hydrogens is 174 g/mol. The van der Waals surface area contributed by atoms with Crippen molar-refractivity contribution < 1.29 is 0 Å². The van der Waals surface area contributed by atoms with Gasteiger partial charge >= 0.3 is 0 Å². The van der Waals surface area contributed by atoms with Crippen LogP contribution in [0, 0.1) is 16.7 Å². The second kappa shape index (κ2) is 4.77. The maximum absolute atomic E-state index is 8.89. The van der Waals surface area contributed by atoms with Gasteiger partial charge in [0.25, 0.3) is 0 Å². The molecule has 1 heterocycles. The largest absolute Gasteiger partial charge is 0.315 e. The van der Waals surface area contributed by atoms with Crippen LogP contribution in [-0.2, 0) is 0 Å². The quantitative estimate of drug-likeness (QED) is 0.733. The van der Waals surface area contributed by atoms with Crippen molar-refractivity contribution in [3.05, 3.63) is 0 Å². The van der Waals surface area contributed by atoms with Crippen molar-refractivity contribution in [2.45, 2.75) is 32.7 Å². The molecule has 1 unspecified atom stereocenters. The third kappa shape index (κ3) is 3.28. The van der Waals surface area contributed by atoms with Crippen LogP contribution >= 0.6 is 0 Å². The number of hydrogen-bond donors (Lipinski definition) is 1. The van der Waals surface area contributed by atoms with E-state index in [1.54, 1.807) is 0 Å². The minimum atomic E-state index is -0.180. The van der Waals surface area contributed by atoms with E-state index in [9.17, 15) is 0 Å². The minimum absolute atomic E-state index is 0.180. The molecule has 14 heavy (non-hydrogen) atoms. The van der Waals surface area contributed by atoms with Crippen molar-refractivity contribution in [1.29, 1.82) is 5.26 Å². The maximum atomic E-state index is 8.89. The molecule has 1 N–H and O–H groups in total. The first-order chi connectivity index (χ1) is 6.55. The van der Waals surface area contributed by atoms with Gasteiger partial charge in [-0.1, -0.05) is 0 Å².